The van der Waals surface area contributed by atoms with Gasteiger partial charge in [0.25, 0.3) is 0 Å². The quantitative estimate of drug-likeness (QED) is 0.641. The van der Waals surface area contributed by atoms with Crippen molar-refractivity contribution in [2.45, 2.75) is 11.4 Å². The lowest BCUT2D eigenvalue weighted by Crippen LogP contribution is -2.38. The summed E-state index contributed by atoms with van der Waals surface area (Å²) in [5.41, 5.74) is 1.63. The van der Waals surface area contributed by atoms with E-state index in [0.717, 1.165) is 21.6 Å². The van der Waals surface area contributed by atoms with Crippen molar-refractivity contribution in [3.8, 4) is 11.5 Å². The number of carbonyl (C=O) groups excluding carboxylic acids is 1. The summed E-state index contributed by atoms with van der Waals surface area (Å²) >= 11 is 0.942. The summed E-state index contributed by atoms with van der Waals surface area (Å²) < 4.78 is 45.3. The van der Waals surface area contributed by atoms with Gasteiger partial charge in [-0.05, 0) is 29.8 Å². The Hall–Kier alpha value is -2.76. The van der Waals surface area contributed by atoms with Gasteiger partial charge in [0.05, 0.1) is 18.3 Å². The van der Waals surface area contributed by atoms with Crippen LogP contribution in [0.15, 0.2) is 41.3 Å². The van der Waals surface area contributed by atoms with E-state index in [1.54, 1.807) is 24.3 Å². The SMILES string of the molecule is CN(CC(=O)NCc1ccc2c(c1)OCO2)S(=O)(=O)c1cccc2nsnc12. The Balaban J connectivity index is 1.42. The molecule has 1 N–H and O–H groups in total. The van der Waals surface area contributed by atoms with Crippen LogP contribution in [-0.2, 0) is 21.4 Å². The van der Waals surface area contributed by atoms with Crippen molar-refractivity contribution in [2.24, 2.45) is 0 Å². The first kappa shape index (κ1) is 18.6. The first-order valence-corrected chi connectivity index (χ1v) is 10.4. The van der Waals surface area contributed by atoms with Crippen LogP contribution in [0.25, 0.3) is 11.0 Å². The van der Waals surface area contributed by atoms with E-state index in [0.29, 0.717) is 22.5 Å². The highest BCUT2D eigenvalue weighted by Crippen LogP contribution is 2.32. The summed E-state index contributed by atoms with van der Waals surface area (Å²) in [6.45, 7) is 0.102. The van der Waals surface area contributed by atoms with Gasteiger partial charge < -0.3 is 14.8 Å². The fourth-order valence-corrected chi connectivity index (χ4v) is 4.63. The fraction of sp³-hybridized carbons (Fsp3) is 0.235. The van der Waals surface area contributed by atoms with Crippen LogP contribution in [0.2, 0.25) is 0 Å². The van der Waals surface area contributed by atoms with Crippen LogP contribution in [-0.4, -0.2) is 47.8 Å². The molecule has 0 bridgehead atoms. The van der Waals surface area contributed by atoms with Crippen molar-refractivity contribution >= 4 is 38.7 Å². The molecule has 1 aromatic heterocycles. The van der Waals surface area contributed by atoms with Gasteiger partial charge in [-0.2, -0.15) is 13.1 Å². The van der Waals surface area contributed by atoms with Gasteiger partial charge in [0, 0.05) is 13.6 Å². The lowest BCUT2D eigenvalue weighted by molar-refractivity contribution is -0.121. The summed E-state index contributed by atoms with van der Waals surface area (Å²) in [5, 5.41) is 2.71. The molecule has 0 aliphatic carbocycles. The maximum absolute atomic E-state index is 12.8. The molecule has 1 amide bonds. The molecule has 9 nitrogen and oxygen atoms in total. The van der Waals surface area contributed by atoms with Crippen molar-refractivity contribution in [1.82, 2.24) is 18.4 Å². The lowest BCUT2D eigenvalue weighted by atomic mass is 10.2. The minimum atomic E-state index is -3.88. The molecule has 0 fully saturated rings. The maximum atomic E-state index is 12.8. The summed E-state index contributed by atoms with van der Waals surface area (Å²) in [7, 11) is -2.53. The normalized spacial score (nSPS) is 13.2. The highest BCUT2D eigenvalue weighted by Gasteiger charge is 2.26. The third-order valence-electron chi connectivity index (χ3n) is 4.23. The summed E-state index contributed by atoms with van der Waals surface area (Å²) in [4.78, 5) is 12.3. The number of ether oxygens (including phenoxy) is 2. The molecule has 2 aromatic carbocycles. The Labute approximate surface area is 165 Å². The molecule has 0 spiro atoms. The first-order valence-electron chi connectivity index (χ1n) is 8.28. The predicted octanol–water partition coefficient (Wildman–Crippen LogP) is 1.36. The van der Waals surface area contributed by atoms with E-state index in [-0.39, 0.29) is 24.8 Å². The van der Waals surface area contributed by atoms with Gasteiger partial charge in [0.15, 0.2) is 11.5 Å². The van der Waals surface area contributed by atoms with Crippen LogP contribution in [0, 0.1) is 0 Å². The van der Waals surface area contributed by atoms with Crippen molar-refractivity contribution in [3.63, 3.8) is 0 Å². The number of hydrogen-bond donors (Lipinski definition) is 1. The molecule has 4 rings (SSSR count). The smallest absolute Gasteiger partial charge is 0.245 e. The third-order valence-corrected chi connectivity index (χ3v) is 6.61. The molecular weight excluding hydrogens is 404 g/mol. The van der Waals surface area contributed by atoms with Crippen LogP contribution in [0.3, 0.4) is 0 Å². The number of sulfonamides is 1. The van der Waals surface area contributed by atoms with E-state index < -0.39 is 15.9 Å². The van der Waals surface area contributed by atoms with Crippen molar-refractivity contribution < 1.29 is 22.7 Å². The van der Waals surface area contributed by atoms with Crippen molar-refractivity contribution in [2.75, 3.05) is 20.4 Å². The van der Waals surface area contributed by atoms with Gasteiger partial charge in [-0.25, -0.2) is 8.42 Å². The number of nitrogens with zero attached hydrogens (tertiary/aromatic N) is 3. The Bertz CT molecular complexity index is 1150. The number of rotatable bonds is 6. The molecule has 146 valence electrons. The molecule has 28 heavy (non-hydrogen) atoms. The van der Waals surface area contributed by atoms with Gasteiger partial charge in [-0.15, -0.1) is 0 Å². The average molecular weight is 420 g/mol. The molecule has 0 saturated heterocycles. The van der Waals surface area contributed by atoms with Gasteiger partial charge in [0.2, 0.25) is 22.7 Å². The van der Waals surface area contributed by atoms with Gasteiger partial charge in [0.1, 0.15) is 15.9 Å². The van der Waals surface area contributed by atoms with E-state index in [4.69, 9.17) is 9.47 Å². The van der Waals surface area contributed by atoms with E-state index in [1.165, 1.54) is 13.1 Å². The highest BCUT2D eigenvalue weighted by atomic mass is 32.2. The molecule has 0 atom stereocenters. The maximum Gasteiger partial charge on any atom is 0.245 e. The minimum Gasteiger partial charge on any atom is -0.454 e. The monoisotopic (exact) mass is 420 g/mol. The fourth-order valence-electron chi connectivity index (χ4n) is 2.75. The van der Waals surface area contributed by atoms with Crippen LogP contribution < -0.4 is 14.8 Å². The van der Waals surface area contributed by atoms with Crippen LogP contribution in [0.4, 0.5) is 0 Å². The Kier molecular flexibility index (Phi) is 4.87. The first-order chi connectivity index (χ1) is 13.4. The van der Waals surface area contributed by atoms with Gasteiger partial charge in [-0.3, -0.25) is 4.79 Å². The second-order valence-corrected chi connectivity index (χ2v) is 8.66. The number of amides is 1. The third kappa shape index (κ3) is 3.51. The van der Waals surface area contributed by atoms with Gasteiger partial charge in [-0.1, -0.05) is 12.1 Å². The summed E-state index contributed by atoms with van der Waals surface area (Å²) in [6.07, 6.45) is 0. The topological polar surface area (TPSA) is 111 Å². The van der Waals surface area contributed by atoms with Crippen LogP contribution in [0.1, 0.15) is 5.56 Å². The van der Waals surface area contributed by atoms with Crippen molar-refractivity contribution in [3.05, 3.63) is 42.0 Å². The van der Waals surface area contributed by atoms with E-state index in [2.05, 4.69) is 14.1 Å². The predicted molar refractivity (Wildman–Crippen MR) is 102 cm³/mol. The number of aromatic nitrogens is 2. The zero-order valence-electron chi connectivity index (χ0n) is 14.8. The Morgan fingerprint density at radius 3 is 2.89 bits per heavy atom. The zero-order chi connectivity index (χ0) is 19.7. The highest BCUT2D eigenvalue weighted by molar-refractivity contribution is 7.89. The lowest BCUT2D eigenvalue weighted by Gasteiger charge is -2.17. The molecule has 3 aromatic rings. The van der Waals surface area contributed by atoms with Crippen LogP contribution in [0.5, 0.6) is 11.5 Å². The zero-order valence-corrected chi connectivity index (χ0v) is 16.4. The number of carbonyl (C=O) groups is 1. The number of hydrogen-bond acceptors (Lipinski definition) is 8. The Morgan fingerprint density at radius 2 is 2.04 bits per heavy atom. The summed E-state index contributed by atoms with van der Waals surface area (Å²) in [5.74, 6) is 0.857. The molecule has 11 heteroatoms. The van der Waals surface area contributed by atoms with E-state index >= 15 is 0 Å². The number of benzene rings is 2. The van der Waals surface area contributed by atoms with E-state index in [9.17, 15) is 13.2 Å². The van der Waals surface area contributed by atoms with Gasteiger partial charge >= 0.3 is 0 Å². The molecule has 0 unspecified atom stereocenters. The number of nitrogens with one attached hydrogen (secondary N) is 1. The summed E-state index contributed by atoms with van der Waals surface area (Å²) in [6, 6.07) is 10.1. The Morgan fingerprint density at radius 1 is 1.21 bits per heavy atom. The standard InChI is InChI=1S/C17H16N4O5S2/c1-21(28(23,24)15-4-2-3-12-17(15)20-27-19-12)9-16(22)18-8-11-5-6-13-14(7-11)26-10-25-13/h2-7H,8-10H2,1H3,(H,18,22). The molecule has 1 aliphatic heterocycles. The van der Waals surface area contributed by atoms with Crippen molar-refractivity contribution in [1.29, 1.82) is 0 Å². The number of fused-ring (bicyclic) bond motifs is 2. The average Bonchev–Trinajstić information content (AvgIpc) is 3.34. The molecule has 0 saturated carbocycles. The van der Waals surface area contributed by atoms with Crippen LogP contribution >= 0.6 is 11.7 Å². The molecule has 0 radical (unpaired) electrons. The largest absolute Gasteiger partial charge is 0.454 e. The molecule has 2 heterocycles. The second kappa shape index (κ2) is 7.34. The molecule has 1 aliphatic rings. The van der Waals surface area contributed by atoms with E-state index in [1.807, 2.05) is 6.07 Å². The minimum absolute atomic E-state index is 0.0322. The molecular formula is C17H16N4O5S2. The number of likely N-dealkylation sites (N-methyl/N-ethyl adjacent to an activating group) is 1. The second-order valence-electron chi connectivity index (χ2n) is 6.11.